The maximum Gasteiger partial charge on any atom is 0.219 e. The van der Waals surface area contributed by atoms with E-state index >= 15 is 0 Å². The zero-order valence-corrected chi connectivity index (χ0v) is 11.0. The normalized spacial score (nSPS) is 12.2. The SMILES string of the molecule is Cc1nn(C)c(NC(C)CC(N)=O)c1C(N)=S. The average molecular weight is 255 g/mol. The second-order valence-electron chi connectivity index (χ2n) is 4.01. The number of carbonyl (C=O) groups is 1. The third-order valence-corrected chi connectivity index (χ3v) is 2.56. The molecule has 7 heteroatoms. The highest BCUT2D eigenvalue weighted by Gasteiger charge is 2.17. The van der Waals surface area contributed by atoms with Crippen molar-refractivity contribution in [3.8, 4) is 0 Å². The van der Waals surface area contributed by atoms with Crippen LogP contribution in [0.2, 0.25) is 0 Å². The van der Waals surface area contributed by atoms with Crippen LogP contribution in [-0.4, -0.2) is 26.7 Å². The number of hydrogen-bond donors (Lipinski definition) is 3. The van der Waals surface area contributed by atoms with Gasteiger partial charge in [0.05, 0.1) is 11.3 Å². The first-order chi connectivity index (χ1) is 7.82. The molecule has 17 heavy (non-hydrogen) atoms. The van der Waals surface area contributed by atoms with Gasteiger partial charge in [-0.2, -0.15) is 5.10 Å². The van der Waals surface area contributed by atoms with E-state index in [1.165, 1.54) is 0 Å². The number of aromatic nitrogens is 2. The molecule has 0 aliphatic rings. The molecule has 0 saturated heterocycles. The lowest BCUT2D eigenvalue weighted by Gasteiger charge is -2.15. The molecule has 6 nitrogen and oxygen atoms in total. The quantitative estimate of drug-likeness (QED) is 0.645. The van der Waals surface area contributed by atoms with Crippen molar-refractivity contribution in [3.63, 3.8) is 0 Å². The van der Waals surface area contributed by atoms with Crippen molar-refractivity contribution < 1.29 is 4.79 Å². The maximum absolute atomic E-state index is 10.8. The Balaban J connectivity index is 2.97. The molecule has 1 aromatic heterocycles. The Labute approximate surface area is 105 Å². The molecule has 1 rings (SSSR count). The van der Waals surface area contributed by atoms with Gasteiger partial charge in [0.2, 0.25) is 5.91 Å². The molecule has 0 aliphatic heterocycles. The minimum absolute atomic E-state index is 0.101. The van der Waals surface area contributed by atoms with E-state index < -0.39 is 0 Å². The molecule has 0 bridgehead atoms. The van der Waals surface area contributed by atoms with Crippen LogP contribution in [0.3, 0.4) is 0 Å². The molecule has 0 spiro atoms. The van der Waals surface area contributed by atoms with Gasteiger partial charge in [0.25, 0.3) is 0 Å². The smallest absolute Gasteiger partial charge is 0.219 e. The van der Waals surface area contributed by atoms with Crippen LogP contribution in [0.1, 0.15) is 24.6 Å². The van der Waals surface area contributed by atoms with Gasteiger partial charge in [-0.1, -0.05) is 12.2 Å². The number of amides is 1. The van der Waals surface area contributed by atoms with Gasteiger partial charge >= 0.3 is 0 Å². The summed E-state index contributed by atoms with van der Waals surface area (Å²) in [5.74, 6) is 0.351. The Morgan fingerprint density at radius 3 is 2.65 bits per heavy atom. The van der Waals surface area contributed by atoms with Crippen molar-refractivity contribution in [2.75, 3.05) is 5.32 Å². The minimum atomic E-state index is -0.360. The maximum atomic E-state index is 10.8. The molecule has 5 N–H and O–H groups in total. The number of anilines is 1. The van der Waals surface area contributed by atoms with Gasteiger partial charge in [0.1, 0.15) is 10.8 Å². The topological polar surface area (TPSA) is 99.0 Å². The van der Waals surface area contributed by atoms with E-state index in [1.807, 2.05) is 13.8 Å². The van der Waals surface area contributed by atoms with Gasteiger partial charge in [0.15, 0.2) is 0 Å². The molecular weight excluding hydrogens is 238 g/mol. The summed E-state index contributed by atoms with van der Waals surface area (Å²) >= 11 is 4.98. The van der Waals surface area contributed by atoms with Crippen molar-refractivity contribution in [3.05, 3.63) is 11.3 Å². The number of nitrogens with two attached hydrogens (primary N) is 2. The Morgan fingerprint density at radius 1 is 1.59 bits per heavy atom. The number of thiocarbonyl (C=S) groups is 1. The van der Waals surface area contributed by atoms with Crippen LogP contribution in [0.4, 0.5) is 5.82 Å². The Hall–Kier alpha value is -1.63. The molecule has 0 aromatic carbocycles. The predicted molar refractivity (Wildman–Crippen MR) is 70.7 cm³/mol. The minimum Gasteiger partial charge on any atom is -0.389 e. The van der Waals surface area contributed by atoms with Crippen LogP contribution in [0, 0.1) is 6.92 Å². The molecule has 0 saturated carbocycles. The standard InChI is InChI=1S/C10H17N5OS/c1-5(4-7(11)16)13-10-8(9(12)17)6(2)14-15(10)3/h5,13H,4H2,1-3H3,(H2,11,16)(H2,12,17). The molecule has 1 aromatic rings. The van der Waals surface area contributed by atoms with E-state index in [1.54, 1.807) is 11.7 Å². The van der Waals surface area contributed by atoms with E-state index in [-0.39, 0.29) is 23.4 Å². The zero-order chi connectivity index (χ0) is 13.2. The zero-order valence-electron chi connectivity index (χ0n) is 10.2. The van der Waals surface area contributed by atoms with Crippen LogP contribution in [0.15, 0.2) is 0 Å². The third kappa shape index (κ3) is 3.16. The summed E-state index contributed by atoms with van der Waals surface area (Å²) in [5.41, 5.74) is 12.3. The monoisotopic (exact) mass is 255 g/mol. The van der Waals surface area contributed by atoms with Gasteiger partial charge in [-0.05, 0) is 13.8 Å². The van der Waals surface area contributed by atoms with Crippen LogP contribution < -0.4 is 16.8 Å². The highest BCUT2D eigenvalue weighted by Crippen LogP contribution is 2.19. The lowest BCUT2D eigenvalue weighted by Crippen LogP contribution is -2.26. The summed E-state index contributed by atoms with van der Waals surface area (Å²) in [4.78, 5) is 11.1. The Kier molecular flexibility index (Phi) is 4.06. The molecule has 0 aliphatic carbocycles. The van der Waals surface area contributed by atoms with Crippen LogP contribution in [0.5, 0.6) is 0 Å². The molecule has 94 valence electrons. The van der Waals surface area contributed by atoms with Crippen molar-refractivity contribution in [1.82, 2.24) is 9.78 Å². The highest BCUT2D eigenvalue weighted by atomic mass is 32.1. The number of carbonyl (C=O) groups excluding carboxylic acids is 1. The highest BCUT2D eigenvalue weighted by molar-refractivity contribution is 7.80. The lowest BCUT2D eigenvalue weighted by atomic mass is 10.2. The summed E-state index contributed by atoms with van der Waals surface area (Å²) < 4.78 is 1.65. The van der Waals surface area contributed by atoms with Gasteiger partial charge in [-0.25, -0.2) is 0 Å². The summed E-state index contributed by atoms with van der Waals surface area (Å²) in [6.07, 6.45) is 0.237. The van der Waals surface area contributed by atoms with Crippen LogP contribution in [0.25, 0.3) is 0 Å². The molecule has 1 unspecified atom stereocenters. The van der Waals surface area contributed by atoms with Gasteiger partial charge in [-0.3, -0.25) is 9.48 Å². The first-order valence-electron chi connectivity index (χ1n) is 5.21. The summed E-state index contributed by atoms with van der Waals surface area (Å²) in [7, 11) is 1.79. The molecule has 1 amide bonds. The van der Waals surface area contributed by atoms with E-state index in [0.717, 1.165) is 5.69 Å². The van der Waals surface area contributed by atoms with Crippen LogP contribution in [-0.2, 0) is 11.8 Å². The van der Waals surface area contributed by atoms with Crippen molar-refractivity contribution in [1.29, 1.82) is 0 Å². The fraction of sp³-hybridized carbons (Fsp3) is 0.500. The molecule has 0 radical (unpaired) electrons. The fourth-order valence-electron chi connectivity index (χ4n) is 1.70. The first kappa shape index (κ1) is 13.4. The van der Waals surface area contributed by atoms with E-state index in [9.17, 15) is 4.79 Å². The Bertz CT molecular complexity index is 454. The number of nitrogens with zero attached hydrogens (tertiary/aromatic N) is 2. The largest absolute Gasteiger partial charge is 0.389 e. The Morgan fingerprint density at radius 2 is 2.18 bits per heavy atom. The fourth-order valence-corrected chi connectivity index (χ4v) is 1.95. The molecule has 1 heterocycles. The van der Waals surface area contributed by atoms with Gasteiger partial charge in [-0.15, -0.1) is 0 Å². The van der Waals surface area contributed by atoms with Crippen molar-refractivity contribution in [2.24, 2.45) is 18.5 Å². The van der Waals surface area contributed by atoms with E-state index in [0.29, 0.717) is 11.4 Å². The van der Waals surface area contributed by atoms with Crippen molar-refractivity contribution in [2.45, 2.75) is 26.3 Å². The van der Waals surface area contributed by atoms with E-state index in [2.05, 4.69) is 10.4 Å². The van der Waals surface area contributed by atoms with E-state index in [4.69, 9.17) is 23.7 Å². The molecule has 1 atom stereocenters. The summed E-state index contributed by atoms with van der Waals surface area (Å²) in [5, 5.41) is 7.38. The average Bonchev–Trinajstić information content (AvgIpc) is 2.39. The number of nitrogens with one attached hydrogen (secondary N) is 1. The third-order valence-electron chi connectivity index (χ3n) is 2.36. The number of hydrogen-bond acceptors (Lipinski definition) is 4. The second kappa shape index (κ2) is 5.13. The van der Waals surface area contributed by atoms with Crippen LogP contribution >= 0.6 is 12.2 Å². The van der Waals surface area contributed by atoms with Gasteiger partial charge < -0.3 is 16.8 Å². The molecular formula is C10H17N5OS. The molecule has 0 fully saturated rings. The van der Waals surface area contributed by atoms with Crippen molar-refractivity contribution >= 4 is 28.9 Å². The number of primary amides is 1. The number of aryl methyl sites for hydroxylation is 2. The first-order valence-corrected chi connectivity index (χ1v) is 5.62. The summed E-state index contributed by atoms with van der Waals surface area (Å²) in [6.45, 7) is 3.69. The van der Waals surface area contributed by atoms with Gasteiger partial charge in [0, 0.05) is 19.5 Å². The number of rotatable bonds is 5. The predicted octanol–water partition coefficient (Wildman–Crippen LogP) is 0.0385. The second-order valence-corrected chi connectivity index (χ2v) is 4.45. The lowest BCUT2D eigenvalue weighted by molar-refractivity contribution is -0.118. The summed E-state index contributed by atoms with van der Waals surface area (Å²) in [6, 6.07) is -0.101.